The quantitative estimate of drug-likeness (QED) is 0.415. The summed E-state index contributed by atoms with van der Waals surface area (Å²) < 4.78 is 28.2. The zero-order chi connectivity index (χ0) is 24.6. The molecule has 186 valence electrons. The molecule has 36 heavy (non-hydrogen) atoms. The molecule has 0 N–H and O–H groups in total. The van der Waals surface area contributed by atoms with Crippen molar-refractivity contribution in [1.82, 2.24) is 18.8 Å². The Morgan fingerprint density at radius 1 is 0.917 bits per heavy atom. The molecule has 1 amide bonds. The molecule has 1 fully saturated rings. The Labute approximate surface area is 207 Å². The molecule has 2 aliphatic heterocycles. The summed E-state index contributed by atoms with van der Waals surface area (Å²) in [5.74, 6) is 1.26. The maximum atomic E-state index is 14.0. The van der Waals surface area contributed by atoms with Gasteiger partial charge >= 0.3 is 0 Å². The molecule has 0 spiro atoms. The second kappa shape index (κ2) is 9.31. The minimum atomic E-state index is -0.392. The van der Waals surface area contributed by atoms with Crippen LogP contribution >= 0.6 is 0 Å². The summed E-state index contributed by atoms with van der Waals surface area (Å²) in [6.45, 7) is 4.37. The van der Waals surface area contributed by atoms with Gasteiger partial charge in [-0.1, -0.05) is 6.07 Å². The molecule has 0 saturated carbocycles. The normalized spacial score (nSPS) is 15.8. The second-order valence-corrected chi connectivity index (χ2v) is 9.30. The van der Waals surface area contributed by atoms with Gasteiger partial charge in [0.05, 0.1) is 11.0 Å². The number of carbonyl (C=O) groups excluding carboxylic acids is 1. The zero-order valence-corrected chi connectivity index (χ0v) is 19.9. The molecule has 0 aliphatic carbocycles. The van der Waals surface area contributed by atoms with Crippen LogP contribution < -0.4 is 15.0 Å². The van der Waals surface area contributed by atoms with Crippen LogP contribution in [0.25, 0.3) is 16.6 Å². The maximum Gasteiger partial charge on any atom is 0.275 e. The van der Waals surface area contributed by atoms with Gasteiger partial charge in [-0.2, -0.15) is 0 Å². The summed E-state index contributed by atoms with van der Waals surface area (Å²) in [5, 5.41) is 0. The third-order valence-corrected chi connectivity index (χ3v) is 7.04. The van der Waals surface area contributed by atoms with Crippen LogP contribution in [0.2, 0.25) is 0 Å². The van der Waals surface area contributed by atoms with Crippen LogP contribution in [0.5, 0.6) is 11.5 Å². The Hall–Kier alpha value is -3.85. The third kappa shape index (κ3) is 4.19. The van der Waals surface area contributed by atoms with Crippen molar-refractivity contribution in [2.75, 3.05) is 33.0 Å². The number of ether oxygens (including phenoxy) is 2. The van der Waals surface area contributed by atoms with Gasteiger partial charge in [0.2, 0.25) is 12.7 Å². The number of carbonyl (C=O) groups is 1. The summed E-state index contributed by atoms with van der Waals surface area (Å²) in [6.07, 6.45) is 2.66. The number of nitrogens with zero attached hydrogens (tertiary/aromatic N) is 4. The van der Waals surface area contributed by atoms with E-state index in [1.807, 2.05) is 23.1 Å². The van der Waals surface area contributed by atoms with Gasteiger partial charge in [0.1, 0.15) is 11.3 Å². The van der Waals surface area contributed by atoms with Crippen LogP contribution in [0.15, 0.2) is 59.5 Å². The lowest BCUT2D eigenvalue weighted by Crippen LogP contribution is -2.48. The number of amides is 1. The molecule has 2 aromatic carbocycles. The molecule has 1 saturated heterocycles. The highest BCUT2D eigenvalue weighted by Gasteiger charge is 2.22. The largest absolute Gasteiger partial charge is 0.454 e. The first-order chi connectivity index (χ1) is 17.6. The first-order valence-electron chi connectivity index (χ1n) is 12.2. The van der Waals surface area contributed by atoms with Crippen LogP contribution in [0.3, 0.4) is 0 Å². The number of halogens is 1. The van der Waals surface area contributed by atoms with Crippen molar-refractivity contribution in [2.45, 2.75) is 25.9 Å². The van der Waals surface area contributed by atoms with Crippen molar-refractivity contribution in [3.63, 3.8) is 0 Å². The average molecular weight is 491 g/mol. The molecule has 8 nitrogen and oxygen atoms in total. The van der Waals surface area contributed by atoms with Crippen LogP contribution in [0.4, 0.5) is 4.39 Å². The lowest BCUT2D eigenvalue weighted by Gasteiger charge is -2.35. The fraction of sp³-hybridized carbons (Fsp3) is 0.333. The highest BCUT2D eigenvalue weighted by atomic mass is 19.1. The lowest BCUT2D eigenvalue weighted by atomic mass is 10.1. The molecule has 0 atom stereocenters. The van der Waals surface area contributed by atoms with E-state index < -0.39 is 5.82 Å². The fourth-order valence-corrected chi connectivity index (χ4v) is 5.15. The standard InChI is InChI=1S/C27H27FN4O4/c28-20-6-7-21-23(16-20)32(27(34)22-3-1-9-31(21)22)10-2-4-26(33)30-13-11-29(12-14-30)17-19-5-8-24-25(15-19)36-18-35-24/h1,3,5-9,15-16H,2,4,10-14,17-18H2. The van der Waals surface area contributed by atoms with E-state index in [1.54, 1.807) is 33.4 Å². The van der Waals surface area contributed by atoms with E-state index >= 15 is 0 Å². The SMILES string of the molecule is O=C(CCCn1c(=O)c2cccn2c2ccc(F)cc21)N1CCN(Cc2ccc3c(c2)OCO3)CC1. The summed E-state index contributed by atoms with van der Waals surface area (Å²) >= 11 is 0. The van der Waals surface area contributed by atoms with Crippen molar-refractivity contribution in [2.24, 2.45) is 0 Å². The van der Waals surface area contributed by atoms with E-state index in [-0.39, 0.29) is 18.3 Å². The number of rotatable bonds is 6. The molecular formula is C27H27FN4O4. The number of fused-ring (bicyclic) bond motifs is 4. The van der Waals surface area contributed by atoms with Gasteiger partial charge in [-0.05, 0) is 54.4 Å². The van der Waals surface area contributed by atoms with Crippen molar-refractivity contribution in [3.05, 3.63) is 76.5 Å². The number of aromatic nitrogens is 2. The lowest BCUT2D eigenvalue weighted by molar-refractivity contribution is -0.133. The summed E-state index contributed by atoms with van der Waals surface area (Å²) in [6, 6.07) is 14.0. The van der Waals surface area contributed by atoms with Gasteiger partial charge < -0.3 is 23.3 Å². The Kier molecular flexibility index (Phi) is 5.85. The number of piperazine rings is 1. The predicted octanol–water partition coefficient (Wildman–Crippen LogP) is 3.25. The van der Waals surface area contributed by atoms with Crippen molar-refractivity contribution >= 4 is 22.5 Å². The van der Waals surface area contributed by atoms with Crippen molar-refractivity contribution in [1.29, 1.82) is 0 Å². The smallest absolute Gasteiger partial charge is 0.275 e. The van der Waals surface area contributed by atoms with Crippen molar-refractivity contribution in [3.8, 4) is 11.5 Å². The third-order valence-electron chi connectivity index (χ3n) is 7.04. The predicted molar refractivity (Wildman–Crippen MR) is 133 cm³/mol. The van der Waals surface area contributed by atoms with Gasteiger partial charge in [0.25, 0.3) is 5.56 Å². The zero-order valence-electron chi connectivity index (χ0n) is 19.9. The van der Waals surface area contributed by atoms with Gasteiger partial charge in [0, 0.05) is 51.9 Å². The Bertz CT molecular complexity index is 1500. The van der Waals surface area contributed by atoms with Crippen LogP contribution in [0.1, 0.15) is 18.4 Å². The molecule has 6 rings (SSSR count). The number of hydrogen-bond acceptors (Lipinski definition) is 5. The van der Waals surface area contributed by atoms with Gasteiger partial charge in [-0.15, -0.1) is 0 Å². The molecule has 9 heteroatoms. The fourth-order valence-electron chi connectivity index (χ4n) is 5.15. The van der Waals surface area contributed by atoms with Crippen LogP contribution in [-0.4, -0.2) is 57.6 Å². The molecular weight excluding hydrogens is 463 g/mol. The van der Waals surface area contributed by atoms with Crippen molar-refractivity contribution < 1.29 is 18.7 Å². The molecule has 2 aliphatic rings. The van der Waals surface area contributed by atoms with E-state index in [4.69, 9.17) is 9.47 Å². The Morgan fingerprint density at radius 2 is 1.75 bits per heavy atom. The highest BCUT2D eigenvalue weighted by Crippen LogP contribution is 2.32. The number of hydrogen-bond donors (Lipinski definition) is 0. The molecule has 0 unspecified atom stereocenters. The monoisotopic (exact) mass is 490 g/mol. The van der Waals surface area contributed by atoms with Gasteiger partial charge in [-0.25, -0.2) is 4.39 Å². The summed E-state index contributed by atoms with van der Waals surface area (Å²) in [5.41, 5.74) is 2.82. The molecule has 4 aromatic rings. The molecule has 2 aromatic heterocycles. The Morgan fingerprint density at radius 3 is 2.61 bits per heavy atom. The average Bonchev–Trinajstić information content (AvgIpc) is 3.56. The van der Waals surface area contributed by atoms with E-state index in [1.165, 1.54) is 12.1 Å². The first-order valence-corrected chi connectivity index (χ1v) is 12.2. The summed E-state index contributed by atoms with van der Waals surface area (Å²) in [7, 11) is 0. The number of benzene rings is 2. The molecule has 0 radical (unpaired) electrons. The summed E-state index contributed by atoms with van der Waals surface area (Å²) in [4.78, 5) is 30.1. The minimum absolute atomic E-state index is 0.0880. The maximum absolute atomic E-state index is 14.0. The second-order valence-electron chi connectivity index (χ2n) is 9.30. The number of aryl methyl sites for hydroxylation is 1. The van der Waals surface area contributed by atoms with Crippen LogP contribution in [0, 0.1) is 5.82 Å². The van der Waals surface area contributed by atoms with Gasteiger partial charge in [0.15, 0.2) is 11.5 Å². The van der Waals surface area contributed by atoms with E-state index in [2.05, 4.69) is 4.90 Å². The molecule has 0 bridgehead atoms. The molecule has 4 heterocycles. The topological polar surface area (TPSA) is 68.4 Å². The van der Waals surface area contributed by atoms with E-state index in [9.17, 15) is 14.0 Å². The van der Waals surface area contributed by atoms with Crippen LogP contribution in [-0.2, 0) is 17.9 Å². The minimum Gasteiger partial charge on any atom is -0.454 e. The first kappa shape index (κ1) is 22.6. The van der Waals surface area contributed by atoms with E-state index in [0.717, 1.165) is 42.2 Å². The van der Waals surface area contributed by atoms with Gasteiger partial charge in [-0.3, -0.25) is 14.5 Å². The van der Waals surface area contributed by atoms with E-state index in [0.29, 0.717) is 43.5 Å². The Balaban J connectivity index is 1.06. The highest BCUT2D eigenvalue weighted by molar-refractivity contribution is 5.79.